The van der Waals surface area contributed by atoms with Crippen LogP contribution in [0.3, 0.4) is 0 Å². The molecule has 0 aliphatic heterocycles. The lowest BCUT2D eigenvalue weighted by atomic mass is 10.0. The van der Waals surface area contributed by atoms with E-state index in [4.69, 9.17) is 14.6 Å². The van der Waals surface area contributed by atoms with Gasteiger partial charge in [-0.3, -0.25) is 9.59 Å². The van der Waals surface area contributed by atoms with Crippen molar-refractivity contribution in [2.45, 2.75) is 12.5 Å². The topological polar surface area (TPSA) is 84.9 Å². The Balaban J connectivity index is 3.06. The van der Waals surface area contributed by atoms with Crippen molar-refractivity contribution >= 4 is 11.8 Å². The molecule has 0 aromatic heterocycles. The summed E-state index contributed by atoms with van der Waals surface area (Å²) in [6.07, 6.45) is -0.287. The lowest BCUT2D eigenvalue weighted by Crippen LogP contribution is -2.36. The van der Waals surface area contributed by atoms with Crippen LogP contribution in [0.5, 0.6) is 11.5 Å². The molecule has 1 atom stereocenters. The summed E-state index contributed by atoms with van der Waals surface area (Å²) in [5, 5.41) is 11.5. The van der Waals surface area contributed by atoms with Crippen LogP contribution in [0, 0.1) is 0 Å². The quantitative estimate of drug-likeness (QED) is 0.715. The summed E-state index contributed by atoms with van der Waals surface area (Å²) in [6, 6.07) is 3.98. The molecular weight excluding hydrogens is 250 g/mol. The van der Waals surface area contributed by atoms with E-state index in [0.29, 0.717) is 17.1 Å². The third-order valence-corrected chi connectivity index (χ3v) is 2.72. The number of hydrogen-bond acceptors (Lipinski definition) is 5. The number of hydrogen-bond donors (Lipinski definition) is 2. The van der Waals surface area contributed by atoms with Gasteiger partial charge in [0.25, 0.3) is 0 Å². The first-order valence-electron chi connectivity index (χ1n) is 5.68. The fourth-order valence-electron chi connectivity index (χ4n) is 1.69. The van der Waals surface area contributed by atoms with E-state index >= 15 is 0 Å². The zero-order valence-electron chi connectivity index (χ0n) is 11.1. The summed E-state index contributed by atoms with van der Waals surface area (Å²) < 4.78 is 10.2. The largest absolute Gasteiger partial charge is 0.497 e. The first-order valence-corrected chi connectivity index (χ1v) is 5.68. The van der Waals surface area contributed by atoms with Gasteiger partial charge in [0.2, 0.25) is 0 Å². The van der Waals surface area contributed by atoms with E-state index in [9.17, 15) is 9.59 Å². The summed E-state index contributed by atoms with van der Waals surface area (Å²) in [4.78, 5) is 23.0. The van der Waals surface area contributed by atoms with E-state index in [1.807, 2.05) is 0 Å². The average Bonchev–Trinajstić information content (AvgIpc) is 2.42. The van der Waals surface area contributed by atoms with Gasteiger partial charge in [-0.2, -0.15) is 0 Å². The molecule has 1 aromatic carbocycles. The van der Waals surface area contributed by atoms with E-state index in [1.54, 1.807) is 25.2 Å². The normalized spacial score (nSPS) is 11.7. The van der Waals surface area contributed by atoms with E-state index in [1.165, 1.54) is 14.2 Å². The van der Waals surface area contributed by atoms with Crippen LogP contribution in [0.2, 0.25) is 0 Å². The minimum atomic E-state index is -1.04. The van der Waals surface area contributed by atoms with Gasteiger partial charge in [0.05, 0.1) is 32.2 Å². The van der Waals surface area contributed by atoms with E-state index in [-0.39, 0.29) is 12.2 Å². The SMILES string of the molecule is CNC(CC(=O)O)C(=O)c1ccc(OC)cc1OC. The van der Waals surface area contributed by atoms with Crippen LogP contribution >= 0.6 is 0 Å². The molecule has 0 heterocycles. The second-order valence-electron chi connectivity index (χ2n) is 3.87. The average molecular weight is 267 g/mol. The van der Waals surface area contributed by atoms with Crippen molar-refractivity contribution < 1.29 is 24.2 Å². The fraction of sp³-hybridized carbons (Fsp3) is 0.385. The predicted octanol–water partition coefficient (Wildman–Crippen LogP) is 0.949. The first kappa shape index (κ1) is 15.0. The maximum Gasteiger partial charge on any atom is 0.305 e. The van der Waals surface area contributed by atoms with Crippen molar-refractivity contribution in [1.82, 2.24) is 5.32 Å². The molecule has 104 valence electrons. The van der Waals surface area contributed by atoms with Gasteiger partial charge in [0.1, 0.15) is 11.5 Å². The second-order valence-corrected chi connectivity index (χ2v) is 3.87. The van der Waals surface area contributed by atoms with Gasteiger partial charge in [-0.1, -0.05) is 0 Å². The second kappa shape index (κ2) is 6.75. The molecule has 2 N–H and O–H groups in total. The number of aliphatic carboxylic acids is 1. The van der Waals surface area contributed by atoms with E-state index in [2.05, 4.69) is 5.32 Å². The van der Waals surface area contributed by atoms with Crippen LogP contribution in [0.25, 0.3) is 0 Å². The standard InChI is InChI=1S/C13H17NO5/c1-14-10(7-12(15)16)13(17)9-5-4-8(18-2)6-11(9)19-3/h4-6,10,14H,7H2,1-3H3,(H,15,16). The molecule has 1 rings (SSSR count). The number of rotatable bonds is 7. The number of likely N-dealkylation sites (N-methyl/N-ethyl adjacent to an activating group) is 1. The minimum absolute atomic E-state index is 0.287. The highest BCUT2D eigenvalue weighted by atomic mass is 16.5. The number of carboxylic acids is 1. The molecule has 0 aliphatic carbocycles. The van der Waals surface area contributed by atoms with Crippen LogP contribution in [0.15, 0.2) is 18.2 Å². The number of carbonyl (C=O) groups excluding carboxylic acids is 1. The van der Waals surface area contributed by atoms with Crippen molar-refractivity contribution in [3.8, 4) is 11.5 Å². The van der Waals surface area contributed by atoms with Crippen LogP contribution in [-0.4, -0.2) is 44.2 Å². The maximum atomic E-state index is 12.2. The van der Waals surface area contributed by atoms with Crippen LogP contribution < -0.4 is 14.8 Å². The number of ketones is 1. The first-order chi connectivity index (χ1) is 9.03. The molecule has 6 heteroatoms. The van der Waals surface area contributed by atoms with Gasteiger partial charge < -0.3 is 19.9 Å². The summed E-state index contributed by atoms with van der Waals surface area (Å²) in [5.41, 5.74) is 0.323. The smallest absolute Gasteiger partial charge is 0.305 e. The number of carbonyl (C=O) groups is 2. The van der Waals surface area contributed by atoms with E-state index in [0.717, 1.165) is 0 Å². The highest BCUT2D eigenvalue weighted by molar-refractivity contribution is 6.04. The molecule has 0 saturated heterocycles. The van der Waals surface area contributed by atoms with Gasteiger partial charge in [-0.15, -0.1) is 0 Å². The van der Waals surface area contributed by atoms with Crippen molar-refractivity contribution in [1.29, 1.82) is 0 Å². The summed E-state index contributed by atoms with van der Waals surface area (Å²) in [5.74, 6) is -0.452. The Kier molecular flexibility index (Phi) is 5.32. The number of Topliss-reactive ketones (excluding diaryl/α,β-unsaturated/α-hetero) is 1. The van der Waals surface area contributed by atoms with Crippen molar-refractivity contribution in [3.05, 3.63) is 23.8 Å². The van der Waals surface area contributed by atoms with E-state index < -0.39 is 12.0 Å². The Bertz CT molecular complexity index is 472. The molecule has 0 spiro atoms. The molecule has 0 radical (unpaired) electrons. The number of nitrogens with one attached hydrogen (secondary N) is 1. The van der Waals surface area contributed by atoms with Crippen molar-refractivity contribution in [3.63, 3.8) is 0 Å². The van der Waals surface area contributed by atoms with Crippen molar-refractivity contribution in [2.24, 2.45) is 0 Å². The molecule has 0 saturated carbocycles. The van der Waals surface area contributed by atoms with Gasteiger partial charge in [0.15, 0.2) is 5.78 Å². The van der Waals surface area contributed by atoms with Crippen LogP contribution in [0.4, 0.5) is 0 Å². The van der Waals surface area contributed by atoms with Gasteiger partial charge in [-0.05, 0) is 19.2 Å². The molecule has 6 nitrogen and oxygen atoms in total. The minimum Gasteiger partial charge on any atom is -0.497 e. The molecule has 19 heavy (non-hydrogen) atoms. The molecule has 0 aliphatic rings. The molecule has 1 unspecified atom stereocenters. The third-order valence-electron chi connectivity index (χ3n) is 2.72. The van der Waals surface area contributed by atoms with Crippen LogP contribution in [0.1, 0.15) is 16.8 Å². The molecule has 1 aromatic rings. The highest BCUT2D eigenvalue weighted by Gasteiger charge is 2.24. The summed E-state index contributed by atoms with van der Waals surface area (Å²) in [6.45, 7) is 0. The molecule has 0 fully saturated rings. The molecular formula is C13H17NO5. The third kappa shape index (κ3) is 3.69. The number of methoxy groups -OCH3 is 2. The number of carboxylic acid groups (broad SMARTS) is 1. The Morgan fingerprint density at radius 1 is 1.32 bits per heavy atom. The summed E-state index contributed by atoms with van der Waals surface area (Å²) >= 11 is 0. The molecule has 0 amide bonds. The number of ether oxygens (including phenoxy) is 2. The Hall–Kier alpha value is -2.08. The van der Waals surface area contributed by atoms with Gasteiger partial charge in [-0.25, -0.2) is 0 Å². The summed E-state index contributed by atoms with van der Waals surface area (Å²) in [7, 11) is 4.50. The molecule has 0 bridgehead atoms. The zero-order chi connectivity index (χ0) is 14.4. The Morgan fingerprint density at radius 3 is 2.47 bits per heavy atom. The lowest BCUT2D eigenvalue weighted by molar-refractivity contribution is -0.137. The highest BCUT2D eigenvalue weighted by Crippen LogP contribution is 2.26. The Morgan fingerprint density at radius 2 is 2.00 bits per heavy atom. The van der Waals surface area contributed by atoms with Gasteiger partial charge in [0, 0.05) is 6.07 Å². The Labute approximate surface area is 111 Å². The van der Waals surface area contributed by atoms with Crippen molar-refractivity contribution in [2.75, 3.05) is 21.3 Å². The zero-order valence-corrected chi connectivity index (χ0v) is 11.1. The predicted molar refractivity (Wildman–Crippen MR) is 69.0 cm³/mol. The fourth-order valence-corrected chi connectivity index (χ4v) is 1.69. The lowest BCUT2D eigenvalue weighted by Gasteiger charge is -2.15. The number of benzene rings is 1. The van der Waals surface area contributed by atoms with Crippen LogP contribution in [-0.2, 0) is 4.79 Å². The monoisotopic (exact) mass is 267 g/mol. The van der Waals surface area contributed by atoms with Gasteiger partial charge >= 0.3 is 5.97 Å². The maximum absolute atomic E-state index is 12.2.